The number of carbonyl (C=O) groups excluding carboxylic acids is 2. The molecule has 0 heterocycles. The van der Waals surface area contributed by atoms with Gasteiger partial charge in [-0.25, -0.2) is 4.79 Å². The van der Waals surface area contributed by atoms with Crippen LogP contribution in [-0.2, 0) is 10.2 Å². The van der Waals surface area contributed by atoms with Crippen molar-refractivity contribution in [3.05, 3.63) is 83.9 Å². The zero-order chi connectivity index (χ0) is 39.5. The van der Waals surface area contributed by atoms with Gasteiger partial charge in [0, 0.05) is 6.42 Å². The SMILES string of the molecule is CCCCCCCCCCCCOc1ccc(C(=O)Oc2ccc(OC(=O)CCCC3(c4ccccc4)CC3)cc2)cc1OCCCCCCCCCCCC. The largest absolute Gasteiger partial charge is 0.490 e. The van der Waals surface area contributed by atoms with Crippen molar-refractivity contribution in [1.29, 1.82) is 0 Å². The summed E-state index contributed by atoms with van der Waals surface area (Å²) in [6.07, 6.45) is 29.9. The van der Waals surface area contributed by atoms with E-state index < -0.39 is 5.97 Å². The summed E-state index contributed by atoms with van der Waals surface area (Å²) in [5.74, 6) is 1.34. The second kappa shape index (κ2) is 26.9. The van der Waals surface area contributed by atoms with E-state index in [0.717, 1.165) is 38.5 Å². The molecular weight excluding hydrogens is 697 g/mol. The Morgan fingerprint density at radius 1 is 0.518 bits per heavy atom. The highest BCUT2D eigenvalue weighted by atomic mass is 16.5. The predicted octanol–water partition coefficient (Wildman–Crippen LogP) is 14.3. The molecule has 56 heavy (non-hydrogen) atoms. The second-order valence-corrected chi connectivity index (χ2v) is 16.1. The number of unbranched alkanes of at least 4 members (excludes halogenated alkanes) is 18. The van der Waals surface area contributed by atoms with E-state index in [1.54, 1.807) is 36.4 Å². The lowest BCUT2D eigenvalue weighted by Crippen LogP contribution is -2.11. The molecule has 0 unspecified atom stereocenters. The molecule has 3 aromatic carbocycles. The van der Waals surface area contributed by atoms with E-state index >= 15 is 0 Å². The number of ether oxygens (including phenoxy) is 4. The average molecular weight is 769 g/mol. The molecule has 0 N–H and O–H groups in total. The van der Waals surface area contributed by atoms with Crippen molar-refractivity contribution in [3.8, 4) is 23.0 Å². The zero-order valence-electron chi connectivity index (χ0n) is 35.0. The molecule has 0 radical (unpaired) electrons. The molecule has 3 aromatic rings. The van der Waals surface area contributed by atoms with Crippen LogP contribution in [0.1, 0.15) is 190 Å². The topological polar surface area (TPSA) is 71.1 Å². The third kappa shape index (κ3) is 17.6. The van der Waals surface area contributed by atoms with Gasteiger partial charge in [0.2, 0.25) is 0 Å². The van der Waals surface area contributed by atoms with E-state index in [2.05, 4.69) is 38.1 Å². The molecule has 1 aliphatic carbocycles. The van der Waals surface area contributed by atoms with Gasteiger partial charge in [-0.1, -0.05) is 160 Å². The fourth-order valence-electron chi connectivity index (χ4n) is 7.53. The monoisotopic (exact) mass is 769 g/mol. The van der Waals surface area contributed by atoms with Crippen LogP contribution in [0.25, 0.3) is 0 Å². The molecule has 6 heteroatoms. The smallest absolute Gasteiger partial charge is 0.343 e. The van der Waals surface area contributed by atoms with E-state index in [4.69, 9.17) is 18.9 Å². The Morgan fingerprint density at radius 2 is 1.00 bits per heavy atom. The average Bonchev–Trinajstić information content (AvgIpc) is 4.01. The van der Waals surface area contributed by atoms with Crippen molar-refractivity contribution in [3.63, 3.8) is 0 Å². The lowest BCUT2D eigenvalue weighted by molar-refractivity contribution is -0.134. The Bertz CT molecular complexity index is 1500. The van der Waals surface area contributed by atoms with E-state index in [-0.39, 0.29) is 11.4 Å². The first kappa shape index (κ1) is 44.9. The van der Waals surface area contributed by atoms with Gasteiger partial charge in [-0.2, -0.15) is 0 Å². The molecule has 0 aromatic heterocycles. The van der Waals surface area contributed by atoms with Crippen LogP contribution in [-0.4, -0.2) is 25.2 Å². The Hall–Kier alpha value is -3.80. The number of carbonyl (C=O) groups is 2. The predicted molar refractivity (Wildman–Crippen MR) is 229 cm³/mol. The quantitative estimate of drug-likeness (QED) is 0.0358. The molecule has 4 rings (SSSR count). The molecule has 0 atom stereocenters. The van der Waals surface area contributed by atoms with Gasteiger partial charge in [0.05, 0.1) is 18.8 Å². The lowest BCUT2D eigenvalue weighted by atomic mass is 9.90. The summed E-state index contributed by atoms with van der Waals surface area (Å²) in [6.45, 7) is 5.73. The third-order valence-electron chi connectivity index (χ3n) is 11.2. The van der Waals surface area contributed by atoms with Gasteiger partial charge in [0.1, 0.15) is 11.5 Å². The van der Waals surface area contributed by atoms with Crippen molar-refractivity contribution in [1.82, 2.24) is 0 Å². The summed E-state index contributed by atoms with van der Waals surface area (Å²) in [4.78, 5) is 25.9. The van der Waals surface area contributed by atoms with Crippen LogP contribution in [0, 0.1) is 0 Å². The molecular formula is C50H72O6. The molecule has 1 fully saturated rings. The van der Waals surface area contributed by atoms with Crippen LogP contribution < -0.4 is 18.9 Å². The summed E-state index contributed by atoms with van der Waals surface area (Å²) in [7, 11) is 0. The highest BCUT2D eigenvalue weighted by Gasteiger charge is 2.43. The molecule has 1 saturated carbocycles. The second-order valence-electron chi connectivity index (χ2n) is 16.1. The number of hydrogen-bond donors (Lipinski definition) is 0. The van der Waals surface area contributed by atoms with Crippen LogP contribution in [0.3, 0.4) is 0 Å². The molecule has 0 saturated heterocycles. The summed E-state index contributed by atoms with van der Waals surface area (Å²) < 4.78 is 23.8. The number of hydrogen-bond acceptors (Lipinski definition) is 6. The Kier molecular flexibility index (Phi) is 21.6. The van der Waals surface area contributed by atoms with Crippen molar-refractivity contribution in [2.24, 2.45) is 0 Å². The van der Waals surface area contributed by atoms with Gasteiger partial charge in [0.15, 0.2) is 11.5 Å². The summed E-state index contributed by atoms with van der Waals surface area (Å²) in [5, 5.41) is 0. The molecule has 0 spiro atoms. The fraction of sp³-hybridized carbons (Fsp3) is 0.600. The Morgan fingerprint density at radius 3 is 1.52 bits per heavy atom. The maximum Gasteiger partial charge on any atom is 0.343 e. The van der Waals surface area contributed by atoms with E-state index in [1.807, 2.05) is 12.1 Å². The van der Waals surface area contributed by atoms with Crippen LogP contribution >= 0.6 is 0 Å². The number of esters is 2. The van der Waals surface area contributed by atoms with Crippen molar-refractivity contribution >= 4 is 11.9 Å². The first-order valence-electron chi connectivity index (χ1n) is 22.5. The van der Waals surface area contributed by atoms with Crippen LogP contribution in [0.5, 0.6) is 23.0 Å². The van der Waals surface area contributed by atoms with Crippen LogP contribution in [0.15, 0.2) is 72.8 Å². The molecule has 0 bridgehead atoms. The normalized spacial score (nSPS) is 13.0. The van der Waals surface area contributed by atoms with E-state index in [0.29, 0.717) is 48.2 Å². The zero-order valence-corrected chi connectivity index (χ0v) is 35.0. The fourth-order valence-corrected chi connectivity index (χ4v) is 7.53. The molecule has 6 nitrogen and oxygen atoms in total. The van der Waals surface area contributed by atoms with Crippen molar-refractivity contribution in [2.75, 3.05) is 13.2 Å². The first-order chi connectivity index (χ1) is 27.5. The van der Waals surface area contributed by atoms with Gasteiger partial charge in [-0.15, -0.1) is 0 Å². The van der Waals surface area contributed by atoms with Crippen LogP contribution in [0.2, 0.25) is 0 Å². The van der Waals surface area contributed by atoms with Gasteiger partial charge in [-0.05, 0) is 92.0 Å². The Balaban J connectivity index is 1.21. The minimum absolute atomic E-state index is 0.229. The molecule has 308 valence electrons. The van der Waals surface area contributed by atoms with Crippen molar-refractivity contribution in [2.45, 2.75) is 180 Å². The summed E-state index contributed by atoms with van der Waals surface area (Å²) in [5.41, 5.74) is 2.00. The van der Waals surface area contributed by atoms with E-state index in [9.17, 15) is 9.59 Å². The maximum absolute atomic E-state index is 13.3. The highest BCUT2D eigenvalue weighted by Crippen LogP contribution is 2.51. The number of benzene rings is 3. The van der Waals surface area contributed by atoms with Gasteiger partial charge in [-0.3, -0.25) is 4.79 Å². The highest BCUT2D eigenvalue weighted by molar-refractivity contribution is 5.91. The minimum atomic E-state index is -0.479. The lowest BCUT2D eigenvalue weighted by Gasteiger charge is -2.15. The van der Waals surface area contributed by atoms with Crippen LogP contribution in [0.4, 0.5) is 0 Å². The van der Waals surface area contributed by atoms with Crippen molar-refractivity contribution < 1.29 is 28.5 Å². The molecule has 1 aliphatic rings. The Labute approximate surface area is 339 Å². The number of rotatable bonds is 32. The standard InChI is InChI=1S/C50H72O6/c1-3-5-7-9-11-13-15-17-19-24-39-53-46-35-30-42(41-47(46)54-40-25-20-18-16-14-12-10-8-6-4-2)49(52)56-45-33-31-44(32-34-45)55-48(51)29-26-36-50(37-38-50)43-27-22-21-23-28-43/h21-23,27-28,30-35,41H,3-20,24-26,29,36-40H2,1-2H3. The molecule has 0 aliphatic heterocycles. The molecule has 0 amide bonds. The van der Waals surface area contributed by atoms with Gasteiger partial charge in [0.25, 0.3) is 0 Å². The van der Waals surface area contributed by atoms with Gasteiger partial charge >= 0.3 is 11.9 Å². The van der Waals surface area contributed by atoms with Gasteiger partial charge < -0.3 is 18.9 Å². The maximum atomic E-state index is 13.3. The summed E-state index contributed by atoms with van der Waals surface area (Å²) in [6, 6.07) is 22.5. The minimum Gasteiger partial charge on any atom is -0.490 e. The third-order valence-corrected chi connectivity index (χ3v) is 11.2. The van der Waals surface area contributed by atoms with E-state index in [1.165, 1.54) is 121 Å². The summed E-state index contributed by atoms with van der Waals surface area (Å²) >= 11 is 0. The first-order valence-corrected chi connectivity index (χ1v) is 22.5.